The zero-order valence-electron chi connectivity index (χ0n) is 87.5. The van der Waals surface area contributed by atoms with Crippen molar-refractivity contribution >= 4 is 86.4 Å². The molecule has 12 fully saturated rings. The Hall–Kier alpha value is 0.343. The molecule has 0 bridgehead atoms. The van der Waals surface area contributed by atoms with Crippen LogP contribution in [0.15, 0.2) is 125 Å². The second-order valence-electron chi connectivity index (χ2n) is 44.4. The number of esters is 1. The molecule has 3 heterocycles. The smallest absolute Gasteiger partial charge is 0 e. The molecule has 2 saturated heterocycles. The molecule has 23 heteroatoms. The number of anilines is 2. The molecule has 10 saturated carbocycles. The first-order valence-corrected chi connectivity index (χ1v) is 58.6. The standard InChI is InChI=1S/C28H40NO3.C20H32NO.2C20H30NO.C16H25O.C7H9NO.C4H7Br.3ClH.Rh.5Y.H2/c1-19-8-7-17-28(4)25(19)15-16-26(28)20(2)9-10-23(18-21(3)27(30)32-6)29-22-11-13-24(31-5)14-12-22;3*1-13-6-5-11-20(4)17(13)9-10-18(20)14(2)7-8-16-12-15(3)19(22)21-16;1-12-6-4-10-16(3)14(12)8-9-15(16)13(2)7-5-11-17;1-9-7-4-2-6(8)3-5-7;1-4(2)3-5;;;;;;;;;;/h1,11-14,20,23,25-26,29H,3,7-10,15-18H2,2,4-6H3;1,14-18H,5-12H2,2-4H3,(H,21,22);1,12,14,16-18H,5-11H2,2-4H3,(H,21,22);1,14,16-18H,3,5-12H2,2,4H3,(H,21,22);1,11,13-15H,4-10H2,2-3H3;2-5H,8H2,1H3;1,3H2,2H3;3*1H;;;;;;;1H/q5*-1;;;;;;+3;;;;;;/p-3/t20?,23?,25?,26-,28+;14?,15?,16?,17?,18-,20+;2*14?,16?,17?,18-,20+;13?,14?,15-,16+;;;;;;;;;;;;/m11111............/s1. The zero-order valence-corrected chi connectivity index (χ0v) is 107. The van der Waals surface area contributed by atoms with Crippen molar-refractivity contribution in [3.05, 3.63) is 157 Å². The van der Waals surface area contributed by atoms with Crippen LogP contribution in [0.5, 0.6) is 11.5 Å². The molecule has 2 aromatic rings. The molecular formula is C115H175BrCl3N5O8RhY5-5. The van der Waals surface area contributed by atoms with Crippen molar-refractivity contribution in [3.63, 3.8) is 0 Å². The van der Waals surface area contributed by atoms with Crippen LogP contribution in [0.4, 0.5) is 11.4 Å². The third kappa shape index (κ3) is 36.8. The van der Waals surface area contributed by atoms with Crippen LogP contribution in [-0.4, -0.2) is 80.8 Å². The molecule has 25 atom stereocenters. The molecule has 15 rings (SSSR count). The number of rotatable bonds is 28. The number of allylic oxidation sites excluding steroid dienone is 6. The van der Waals surface area contributed by atoms with Gasteiger partial charge in [0, 0.05) is 235 Å². The second kappa shape index (κ2) is 63.6. The summed E-state index contributed by atoms with van der Waals surface area (Å²) in [5.41, 5.74) is 18.9. The summed E-state index contributed by atoms with van der Waals surface area (Å²) in [4.78, 5) is 57.2. The monoisotopic (exact) mass is 2490 g/mol. The third-order valence-corrected chi connectivity index (χ3v) is 36.6. The molecule has 3 amide bonds. The van der Waals surface area contributed by atoms with E-state index in [0.717, 1.165) is 165 Å². The minimum atomic E-state index is -1.66. The Labute approximate surface area is 991 Å². The van der Waals surface area contributed by atoms with Gasteiger partial charge < -0.3 is 78.9 Å². The number of benzene rings is 2. The number of nitrogen functional groups attached to an aromatic ring is 1. The summed E-state index contributed by atoms with van der Waals surface area (Å²) in [6.45, 7) is 73.4. The van der Waals surface area contributed by atoms with Crippen LogP contribution in [-0.2, 0) is 205 Å². The summed E-state index contributed by atoms with van der Waals surface area (Å²) in [5.74, 6) is 12.5. The number of hydrogen-bond acceptors (Lipinski definition) is 10. The molecule has 138 heavy (non-hydrogen) atoms. The number of alkyl halides is 1. The molecule has 6 N–H and O–H groups in total. The summed E-state index contributed by atoms with van der Waals surface area (Å²) in [6.07, 6.45) is 47.9. The number of nitrogens with two attached hydrogens (primary N) is 1. The van der Waals surface area contributed by atoms with E-state index in [1.165, 1.54) is 188 Å². The zero-order chi connectivity index (χ0) is 98.0. The molecule has 10 aliphatic carbocycles. The van der Waals surface area contributed by atoms with Crippen molar-refractivity contribution in [1.82, 2.24) is 16.0 Å². The van der Waals surface area contributed by atoms with E-state index < -0.39 is 13.0 Å². The topological polar surface area (TPSA) is 187 Å². The second-order valence-corrected chi connectivity index (χ2v) is 52.4. The number of methoxy groups -OCH3 is 3. The molecule has 765 valence electrons. The van der Waals surface area contributed by atoms with Crippen molar-refractivity contribution < 1.29 is 216 Å². The number of carbonyl (C=O) groups excluding carboxylic acids is 5. The van der Waals surface area contributed by atoms with Gasteiger partial charge in [-0.05, 0) is 352 Å². The Morgan fingerprint density at radius 1 is 0.543 bits per heavy atom. The summed E-state index contributed by atoms with van der Waals surface area (Å²) in [6, 6.07) is 16.3. The maximum absolute atomic E-state index is 12.0. The normalized spacial score (nSPS) is 31.6. The van der Waals surface area contributed by atoms with E-state index in [0.29, 0.717) is 110 Å². The summed E-state index contributed by atoms with van der Waals surface area (Å²) in [7, 11) is 19.5. The Morgan fingerprint density at radius 2 is 0.884 bits per heavy atom. The molecule has 3 aliphatic heterocycles. The van der Waals surface area contributed by atoms with Gasteiger partial charge in [0.2, 0.25) is 17.7 Å². The van der Waals surface area contributed by atoms with E-state index in [-0.39, 0.29) is 207 Å². The van der Waals surface area contributed by atoms with Crippen molar-refractivity contribution in [2.24, 2.45) is 122 Å². The number of halogens is 4. The van der Waals surface area contributed by atoms with Gasteiger partial charge in [-0.1, -0.05) is 188 Å². The van der Waals surface area contributed by atoms with Crippen molar-refractivity contribution in [2.45, 2.75) is 358 Å². The van der Waals surface area contributed by atoms with Gasteiger partial charge in [-0.15, -0.1) is 0 Å². The number of ether oxygens (including phenoxy) is 3. The van der Waals surface area contributed by atoms with E-state index in [9.17, 15) is 24.0 Å². The molecule has 15 unspecified atom stereocenters. The van der Waals surface area contributed by atoms with Crippen molar-refractivity contribution in [3.8, 4) is 11.5 Å². The van der Waals surface area contributed by atoms with Crippen LogP contribution in [0, 0.1) is 155 Å². The van der Waals surface area contributed by atoms with Crippen molar-refractivity contribution in [2.75, 3.05) is 37.7 Å². The average molecular weight is 2490 g/mol. The number of nitrogens with one attached hydrogen (secondary N) is 4. The first-order chi connectivity index (χ1) is 62.9. The van der Waals surface area contributed by atoms with E-state index in [1.807, 2.05) is 57.2 Å². The quantitative estimate of drug-likeness (QED) is 0.00802. The fourth-order valence-electron chi connectivity index (χ4n) is 28.4. The van der Waals surface area contributed by atoms with Crippen LogP contribution < -0.4 is 36.5 Å². The maximum Gasteiger partial charge on any atom is 0 e. The molecule has 2 aromatic carbocycles. The molecule has 0 spiro atoms. The fraction of sp³-hybridized carbons (Fsp3) is 0.696. The average Bonchev–Trinajstić information content (AvgIpc) is 1.63. The van der Waals surface area contributed by atoms with Gasteiger partial charge in [0.15, 0.2) is 0 Å². The maximum atomic E-state index is 12.0. The van der Waals surface area contributed by atoms with Crippen LogP contribution >= 0.6 is 45.0 Å². The van der Waals surface area contributed by atoms with Crippen molar-refractivity contribution in [1.29, 1.82) is 0 Å². The molecule has 13 aliphatic rings. The summed E-state index contributed by atoms with van der Waals surface area (Å²) >= 11 is 1.55. The first-order valence-electron chi connectivity index (χ1n) is 51.1. The van der Waals surface area contributed by atoms with Crippen LogP contribution in [0.1, 0.15) is 335 Å². The van der Waals surface area contributed by atoms with Gasteiger partial charge in [-0.3, -0.25) is 42.2 Å². The minimum absolute atomic E-state index is 0. The summed E-state index contributed by atoms with van der Waals surface area (Å²) < 4.78 is 15.1. The largest absolute Gasteiger partial charge is 0 e. The van der Waals surface area contributed by atoms with Gasteiger partial charge in [-0.25, -0.2) is 4.79 Å². The van der Waals surface area contributed by atoms with Gasteiger partial charge in [0.25, 0.3) is 0 Å². The molecule has 0 aromatic heterocycles. The molecular weight excluding hydrogens is 2310 g/mol. The van der Waals surface area contributed by atoms with Gasteiger partial charge in [-0.2, -0.15) is 0 Å². The van der Waals surface area contributed by atoms with Crippen LogP contribution in [0.3, 0.4) is 0 Å². The Balaban J connectivity index is 0.000000561. The van der Waals surface area contributed by atoms with E-state index in [2.05, 4.69) is 132 Å². The predicted molar refractivity (Wildman–Crippen MR) is 557 cm³/mol. The number of fused-ring (bicyclic) bond motifs is 5. The summed E-state index contributed by atoms with van der Waals surface area (Å²) in [5, 5.41) is 13.8. The Bertz CT molecular complexity index is 4280. The molecule has 5 radical (unpaired) electrons. The van der Waals surface area contributed by atoms with Gasteiger partial charge in [0.1, 0.15) is 17.8 Å². The van der Waals surface area contributed by atoms with Gasteiger partial charge in [0.05, 0.1) is 21.3 Å². The SMILES string of the molecule is C=C(C)CBr.COc1ccc(N)cc1.[CH-]=C1CCC[C@@]2(C)C1CC[C@@H]2C(C)CCC(CC(=C)C(=O)OC)Nc1ccc(OC)cc1.[CH-]=C1CCC[C@@]2(C)C1CC[C@@H]2C(C)CCC1C=C(C)C(=O)N1.[CH-]=C1CCC[C@@]2(C)C1CC[C@@H]2C(C)CCC1CC(=C)C(=O)N1.[CH-]=C1CCC[C@@]2(C)C1CC[C@@H]2C(C)CCC1CC(C)C(=O)N1.[CH-]=C1CCC[C@@]2(C)C1CC[C@@H]2C(C)CCC=O.[Cl][Rh]([Cl])[Cl].[HH].[Y].[Y].[Y].[Y].[Y]. The predicted octanol–water partition coefficient (Wildman–Crippen LogP) is 29.6. The van der Waals surface area contributed by atoms with Crippen LogP contribution in [0.2, 0.25) is 0 Å². The fourth-order valence-corrected chi connectivity index (χ4v) is 28.4. The number of amides is 3. The Morgan fingerprint density at radius 3 is 1.19 bits per heavy atom. The van der Waals surface area contributed by atoms with Crippen LogP contribution in [0.25, 0.3) is 0 Å². The number of aldehydes is 1. The van der Waals surface area contributed by atoms with E-state index >= 15 is 0 Å². The minimum Gasteiger partial charge on any atom is 0 e. The Kier molecular flexibility index (Phi) is 61.1. The van der Waals surface area contributed by atoms with Gasteiger partial charge >= 0.3 is 48.0 Å². The number of hydrogen-bond donors (Lipinski definition) is 5. The number of carbonyl (C=O) groups is 5. The first kappa shape index (κ1) is 132. The third-order valence-electron chi connectivity index (χ3n) is 35.7. The van der Waals surface area contributed by atoms with E-state index in [4.69, 9.17) is 81.9 Å². The van der Waals surface area contributed by atoms with E-state index in [1.54, 1.807) is 26.4 Å². The molecule has 13 nitrogen and oxygen atoms in total.